The topological polar surface area (TPSA) is 112 Å². The van der Waals surface area contributed by atoms with Gasteiger partial charge in [0.2, 0.25) is 5.91 Å². The molecule has 0 spiro atoms. The van der Waals surface area contributed by atoms with E-state index in [4.69, 9.17) is 24.7 Å². The Labute approximate surface area is 236 Å². The normalized spacial score (nSPS) is 17.6. The zero-order chi connectivity index (χ0) is 28.8. The molecule has 1 fully saturated rings. The molecule has 1 aromatic rings. The average Bonchev–Trinajstić information content (AvgIpc) is 2.92. The van der Waals surface area contributed by atoms with E-state index in [2.05, 4.69) is 25.2 Å². The SMILES string of the molecule is COCCCOc1cc(CC(CC(N)C(O)CC(C(=O)NCC2CCOCC2)C(C)C)C(C)C)ccc1OC. The molecule has 8 heteroatoms. The summed E-state index contributed by atoms with van der Waals surface area (Å²) >= 11 is 0. The fraction of sp³-hybridized carbons (Fsp3) is 0.774. The van der Waals surface area contributed by atoms with E-state index in [-0.39, 0.29) is 23.7 Å². The molecular formula is C31H54N2O6. The van der Waals surface area contributed by atoms with Crippen LogP contribution in [0.25, 0.3) is 0 Å². The molecule has 1 saturated heterocycles. The first-order valence-corrected chi connectivity index (χ1v) is 14.7. The summed E-state index contributed by atoms with van der Waals surface area (Å²) in [6.07, 6.45) is 3.86. The monoisotopic (exact) mass is 550 g/mol. The minimum absolute atomic E-state index is 0.0133. The molecule has 1 aromatic carbocycles. The Morgan fingerprint density at radius 2 is 1.79 bits per heavy atom. The molecule has 4 atom stereocenters. The Morgan fingerprint density at radius 3 is 2.41 bits per heavy atom. The zero-order valence-corrected chi connectivity index (χ0v) is 25.1. The van der Waals surface area contributed by atoms with Gasteiger partial charge in [0.05, 0.1) is 19.8 Å². The molecule has 1 aliphatic rings. The third-order valence-corrected chi connectivity index (χ3v) is 8.03. The van der Waals surface area contributed by atoms with Crippen molar-refractivity contribution in [1.29, 1.82) is 0 Å². The number of aliphatic hydroxyl groups is 1. The summed E-state index contributed by atoms with van der Waals surface area (Å²) in [7, 11) is 3.32. The summed E-state index contributed by atoms with van der Waals surface area (Å²) in [6.45, 7) is 11.8. The van der Waals surface area contributed by atoms with E-state index in [1.807, 2.05) is 26.0 Å². The van der Waals surface area contributed by atoms with Crippen LogP contribution in [-0.4, -0.2) is 70.4 Å². The Hall–Kier alpha value is -1.87. The van der Waals surface area contributed by atoms with Crippen LogP contribution in [0.2, 0.25) is 0 Å². The lowest BCUT2D eigenvalue weighted by Crippen LogP contribution is -2.43. The van der Waals surface area contributed by atoms with Crippen LogP contribution in [0, 0.1) is 29.6 Å². The van der Waals surface area contributed by atoms with Crippen LogP contribution >= 0.6 is 0 Å². The molecule has 2 rings (SSSR count). The number of aliphatic hydroxyl groups excluding tert-OH is 1. The molecule has 0 aromatic heterocycles. The summed E-state index contributed by atoms with van der Waals surface area (Å²) in [5, 5.41) is 14.2. The molecule has 0 saturated carbocycles. The van der Waals surface area contributed by atoms with Crippen molar-refractivity contribution in [2.45, 2.75) is 78.4 Å². The number of hydrogen-bond donors (Lipinski definition) is 3. The fourth-order valence-corrected chi connectivity index (χ4v) is 5.19. The van der Waals surface area contributed by atoms with Crippen LogP contribution in [0.1, 0.15) is 65.4 Å². The second kappa shape index (κ2) is 17.7. The summed E-state index contributed by atoms with van der Waals surface area (Å²) in [5.74, 6) is 2.39. The van der Waals surface area contributed by atoms with Crippen molar-refractivity contribution in [3.8, 4) is 11.5 Å². The fourth-order valence-electron chi connectivity index (χ4n) is 5.19. The number of carbonyl (C=O) groups excluding carboxylic acids is 1. The van der Waals surface area contributed by atoms with Gasteiger partial charge in [0, 0.05) is 51.9 Å². The van der Waals surface area contributed by atoms with Gasteiger partial charge in [-0.1, -0.05) is 33.8 Å². The zero-order valence-electron chi connectivity index (χ0n) is 25.1. The van der Waals surface area contributed by atoms with Crippen molar-refractivity contribution in [3.05, 3.63) is 23.8 Å². The Bertz CT molecular complexity index is 827. The number of nitrogens with one attached hydrogen (secondary N) is 1. The number of rotatable bonds is 18. The van der Waals surface area contributed by atoms with Crippen LogP contribution in [0.4, 0.5) is 0 Å². The number of benzene rings is 1. The number of amides is 1. The lowest BCUT2D eigenvalue weighted by atomic mass is 9.80. The third-order valence-electron chi connectivity index (χ3n) is 8.03. The molecule has 1 amide bonds. The van der Waals surface area contributed by atoms with E-state index in [1.54, 1.807) is 14.2 Å². The number of carbonyl (C=O) groups is 1. The molecule has 39 heavy (non-hydrogen) atoms. The highest BCUT2D eigenvalue weighted by Gasteiger charge is 2.30. The van der Waals surface area contributed by atoms with Crippen LogP contribution < -0.4 is 20.5 Å². The molecule has 0 aliphatic carbocycles. The lowest BCUT2D eigenvalue weighted by Gasteiger charge is -2.30. The van der Waals surface area contributed by atoms with Gasteiger partial charge in [-0.2, -0.15) is 0 Å². The van der Waals surface area contributed by atoms with Gasteiger partial charge >= 0.3 is 0 Å². The predicted octanol–water partition coefficient (Wildman–Crippen LogP) is 4.21. The van der Waals surface area contributed by atoms with Crippen molar-refractivity contribution in [2.75, 3.05) is 47.2 Å². The first-order valence-electron chi connectivity index (χ1n) is 14.7. The first-order chi connectivity index (χ1) is 18.7. The predicted molar refractivity (Wildman–Crippen MR) is 155 cm³/mol. The smallest absolute Gasteiger partial charge is 0.223 e. The summed E-state index contributed by atoms with van der Waals surface area (Å²) in [4.78, 5) is 13.0. The molecule has 1 heterocycles. The number of methoxy groups -OCH3 is 2. The summed E-state index contributed by atoms with van der Waals surface area (Å²) in [5.41, 5.74) is 7.71. The number of nitrogens with two attached hydrogens (primary N) is 1. The molecule has 1 aliphatic heterocycles. The minimum Gasteiger partial charge on any atom is -0.493 e. The summed E-state index contributed by atoms with van der Waals surface area (Å²) in [6, 6.07) is 5.64. The maximum atomic E-state index is 13.0. The van der Waals surface area contributed by atoms with Gasteiger partial charge < -0.3 is 35.1 Å². The van der Waals surface area contributed by atoms with Gasteiger partial charge in [0.25, 0.3) is 0 Å². The number of ether oxygens (including phenoxy) is 4. The van der Waals surface area contributed by atoms with E-state index < -0.39 is 12.1 Å². The van der Waals surface area contributed by atoms with Crippen molar-refractivity contribution < 1.29 is 28.8 Å². The van der Waals surface area contributed by atoms with Crippen molar-refractivity contribution in [1.82, 2.24) is 5.32 Å². The first kappa shape index (κ1) is 33.3. The third kappa shape index (κ3) is 11.6. The Balaban J connectivity index is 1.97. The minimum atomic E-state index is -0.747. The highest BCUT2D eigenvalue weighted by Crippen LogP contribution is 2.32. The van der Waals surface area contributed by atoms with Crippen LogP contribution in [0.3, 0.4) is 0 Å². The van der Waals surface area contributed by atoms with Crippen LogP contribution in [0.15, 0.2) is 18.2 Å². The van der Waals surface area contributed by atoms with E-state index in [0.29, 0.717) is 50.2 Å². The highest BCUT2D eigenvalue weighted by atomic mass is 16.5. The van der Waals surface area contributed by atoms with Gasteiger partial charge in [-0.25, -0.2) is 0 Å². The maximum Gasteiger partial charge on any atom is 0.223 e. The quantitative estimate of drug-likeness (QED) is 0.235. The van der Waals surface area contributed by atoms with Crippen molar-refractivity contribution in [3.63, 3.8) is 0 Å². The molecular weight excluding hydrogens is 496 g/mol. The second-order valence-corrected chi connectivity index (χ2v) is 11.7. The van der Waals surface area contributed by atoms with Crippen molar-refractivity contribution in [2.24, 2.45) is 35.3 Å². The van der Waals surface area contributed by atoms with Crippen molar-refractivity contribution >= 4 is 5.91 Å². The largest absolute Gasteiger partial charge is 0.493 e. The highest BCUT2D eigenvalue weighted by molar-refractivity contribution is 5.78. The van der Waals surface area contributed by atoms with Gasteiger partial charge in [-0.15, -0.1) is 0 Å². The second-order valence-electron chi connectivity index (χ2n) is 11.7. The molecule has 4 N–H and O–H groups in total. The lowest BCUT2D eigenvalue weighted by molar-refractivity contribution is -0.128. The summed E-state index contributed by atoms with van der Waals surface area (Å²) < 4.78 is 22.0. The number of hydrogen-bond acceptors (Lipinski definition) is 7. The molecule has 8 nitrogen and oxygen atoms in total. The van der Waals surface area contributed by atoms with E-state index in [0.717, 1.165) is 50.2 Å². The van der Waals surface area contributed by atoms with Gasteiger partial charge in [-0.3, -0.25) is 4.79 Å². The molecule has 0 radical (unpaired) electrons. The van der Waals surface area contributed by atoms with E-state index in [9.17, 15) is 9.90 Å². The van der Waals surface area contributed by atoms with Gasteiger partial charge in [0.15, 0.2) is 11.5 Å². The molecule has 4 unspecified atom stereocenters. The van der Waals surface area contributed by atoms with E-state index >= 15 is 0 Å². The molecule has 224 valence electrons. The average molecular weight is 551 g/mol. The van der Waals surface area contributed by atoms with Gasteiger partial charge in [0.1, 0.15) is 0 Å². The molecule has 0 bridgehead atoms. The maximum absolute atomic E-state index is 13.0. The standard InChI is InChI=1S/C31H54N2O6/c1-21(2)25(16-24-8-9-29(37-6)30(17-24)39-13-7-12-36-5)18-27(32)28(34)19-26(22(3)4)31(35)33-20-23-10-14-38-15-11-23/h8-9,17,21-23,25-28,34H,7,10-16,18-20,32H2,1-6H3,(H,33,35). The van der Waals surface area contributed by atoms with Crippen LogP contribution in [0.5, 0.6) is 11.5 Å². The van der Waals surface area contributed by atoms with Gasteiger partial charge in [-0.05, 0) is 73.5 Å². The van der Waals surface area contributed by atoms with E-state index in [1.165, 1.54) is 0 Å². The van der Waals surface area contributed by atoms with Crippen LogP contribution in [-0.2, 0) is 20.7 Å². The Morgan fingerprint density at radius 1 is 1.08 bits per heavy atom. The Kier molecular flexibility index (Phi) is 15.2.